The Labute approximate surface area is 122 Å². The lowest BCUT2D eigenvalue weighted by Crippen LogP contribution is -2.20. The van der Waals surface area contributed by atoms with Crippen LogP contribution in [-0.4, -0.2) is 29.3 Å². The predicted molar refractivity (Wildman–Crippen MR) is 81.4 cm³/mol. The van der Waals surface area contributed by atoms with Gasteiger partial charge in [-0.25, -0.2) is 9.97 Å². The lowest BCUT2D eigenvalue weighted by atomic mass is 10.4. The van der Waals surface area contributed by atoms with Gasteiger partial charge in [0, 0.05) is 24.5 Å². The van der Waals surface area contributed by atoms with Gasteiger partial charge in [-0.2, -0.15) is 0 Å². The SMILES string of the molecule is COc1ccnc(NC(=S)Nc2cc(OC)ccn2)c1. The van der Waals surface area contributed by atoms with Gasteiger partial charge in [0.15, 0.2) is 5.11 Å². The standard InChI is InChI=1S/C13H14N4O2S/c1-18-9-3-5-14-11(7-9)16-13(20)17-12-8-10(19-2)4-6-15-12/h3-8H,1-2H3,(H2,14,15,16,17,20). The Morgan fingerprint density at radius 2 is 1.40 bits per heavy atom. The first-order chi connectivity index (χ1) is 9.71. The van der Waals surface area contributed by atoms with Crippen molar-refractivity contribution < 1.29 is 9.47 Å². The largest absolute Gasteiger partial charge is 0.497 e. The number of nitrogens with zero attached hydrogens (tertiary/aromatic N) is 2. The molecular weight excluding hydrogens is 276 g/mol. The zero-order valence-corrected chi connectivity index (χ0v) is 11.9. The fourth-order valence-corrected chi connectivity index (χ4v) is 1.69. The van der Waals surface area contributed by atoms with E-state index in [4.69, 9.17) is 21.7 Å². The Balaban J connectivity index is 2.01. The van der Waals surface area contributed by atoms with Crippen molar-refractivity contribution in [2.75, 3.05) is 24.9 Å². The summed E-state index contributed by atoms with van der Waals surface area (Å²) in [4.78, 5) is 8.28. The minimum absolute atomic E-state index is 0.381. The van der Waals surface area contributed by atoms with Gasteiger partial charge in [0.1, 0.15) is 23.1 Å². The molecule has 7 heteroatoms. The smallest absolute Gasteiger partial charge is 0.177 e. The van der Waals surface area contributed by atoms with Crippen LogP contribution in [-0.2, 0) is 0 Å². The molecule has 2 heterocycles. The van der Waals surface area contributed by atoms with Crippen LogP contribution in [0.1, 0.15) is 0 Å². The first kappa shape index (κ1) is 14.0. The van der Waals surface area contributed by atoms with Gasteiger partial charge in [-0.3, -0.25) is 0 Å². The molecule has 2 rings (SSSR count). The number of aromatic nitrogens is 2. The molecule has 0 fully saturated rings. The summed E-state index contributed by atoms with van der Waals surface area (Å²) < 4.78 is 10.2. The van der Waals surface area contributed by atoms with E-state index >= 15 is 0 Å². The zero-order valence-electron chi connectivity index (χ0n) is 11.1. The van der Waals surface area contributed by atoms with Crippen molar-refractivity contribution in [3.8, 4) is 11.5 Å². The fourth-order valence-electron chi connectivity index (χ4n) is 1.48. The van der Waals surface area contributed by atoms with E-state index in [2.05, 4.69) is 20.6 Å². The molecule has 0 amide bonds. The van der Waals surface area contributed by atoms with Crippen LogP contribution in [0.5, 0.6) is 11.5 Å². The lowest BCUT2D eigenvalue weighted by Gasteiger charge is -2.10. The van der Waals surface area contributed by atoms with Crippen LogP contribution in [0.25, 0.3) is 0 Å². The van der Waals surface area contributed by atoms with Crippen molar-refractivity contribution in [3.63, 3.8) is 0 Å². The van der Waals surface area contributed by atoms with E-state index in [1.807, 2.05) is 0 Å². The molecule has 0 aliphatic heterocycles. The Bertz CT molecular complexity index is 555. The number of methoxy groups -OCH3 is 2. The van der Waals surface area contributed by atoms with Crippen molar-refractivity contribution in [2.45, 2.75) is 0 Å². The maximum atomic E-state index is 5.19. The van der Waals surface area contributed by atoms with Crippen molar-refractivity contribution in [2.24, 2.45) is 0 Å². The molecule has 104 valence electrons. The van der Waals surface area contributed by atoms with Crippen LogP contribution in [0, 0.1) is 0 Å². The van der Waals surface area contributed by atoms with Crippen molar-refractivity contribution in [3.05, 3.63) is 36.7 Å². The van der Waals surface area contributed by atoms with Gasteiger partial charge >= 0.3 is 0 Å². The molecule has 0 aromatic carbocycles. The summed E-state index contributed by atoms with van der Waals surface area (Å²) in [6.07, 6.45) is 3.27. The van der Waals surface area contributed by atoms with Gasteiger partial charge in [0.25, 0.3) is 0 Å². The minimum Gasteiger partial charge on any atom is -0.497 e. The first-order valence-corrected chi connectivity index (χ1v) is 6.20. The molecule has 20 heavy (non-hydrogen) atoms. The Morgan fingerprint density at radius 1 is 0.950 bits per heavy atom. The molecule has 2 aromatic heterocycles. The van der Waals surface area contributed by atoms with Gasteiger partial charge in [-0.15, -0.1) is 0 Å². The molecule has 0 saturated heterocycles. The van der Waals surface area contributed by atoms with E-state index in [-0.39, 0.29) is 0 Å². The first-order valence-electron chi connectivity index (χ1n) is 5.79. The number of hydrogen-bond donors (Lipinski definition) is 2. The number of anilines is 2. The number of rotatable bonds is 4. The Hall–Kier alpha value is -2.41. The van der Waals surface area contributed by atoms with Crippen molar-refractivity contribution in [1.29, 1.82) is 0 Å². The summed E-state index contributed by atoms with van der Waals surface area (Å²) in [6, 6.07) is 7.00. The number of nitrogens with one attached hydrogen (secondary N) is 2. The van der Waals surface area contributed by atoms with E-state index < -0.39 is 0 Å². The maximum absolute atomic E-state index is 5.19. The molecule has 2 aromatic rings. The third kappa shape index (κ3) is 3.79. The summed E-state index contributed by atoms with van der Waals surface area (Å²) >= 11 is 5.19. The normalized spacial score (nSPS) is 9.70. The third-order valence-electron chi connectivity index (χ3n) is 2.42. The van der Waals surface area contributed by atoms with Crippen LogP contribution in [0.3, 0.4) is 0 Å². The Morgan fingerprint density at radius 3 is 1.80 bits per heavy atom. The van der Waals surface area contributed by atoms with Gasteiger partial charge in [-0.1, -0.05) is 0 Å². The van der Waals surface area contributed by atoms with Gasteiger partial charge in [-0.05, 0) is 24.4 Å². The lowest BCUT2D eigenvalue weighted by molar-refractivity contribution is 0.414. The number of pyridine rings is 2. The maximum Gasteiger partial charge on any atom is 0.177 e. The second-order valence-electron chi connectivity index (χ2n) is 3.74. The van der Waals surface area contributed by atoms with Crippen LogP contribution >= 0.6 is 12.2 Å². The molecule has 0 radical (unpaired) electrons. The molecule has 0 saturated carbocycles. The second kappa shape index (κ2) is 6.67. The van der Waals surface area contributed by atoms with E-state index in [0.29, 0.717) is 28.2 Å². The van der Waals surface area contributed by atoms with Crippen LogP contribution in [0.15, 0.2) is 36.7 Å². The summed E-state index contributed by atoms with van der Waals surface area (Å²) in [5, 5.41) is 6.28. The molecular formula is C13H14N4O2S. The molecule has 0 bridgehead atoms. The van der Waals surface area contributed by atoms with E-state index in [9.17, 15) is 0 Å². The van der Waals surface area contributed by atoms with Crippen LogP contribution < -0.4 is 20.1 Å². The summed E-state index contributed by atoms with van der Waals surface area (Å²) in [7, 11) is 3.19. The van der Waals surface area contributed by atoms with E-state index in [0.717, 1.165) is 0 Å². The average Bonchev–Trinajstić information content (AvgIpc) is 2.47. The van der Waals surface area contributed by atoms with Gasteiger partial charge < -0.3 is 20.1 Å². The predicted octanol–water partition coefficient (Wildman–Crippen LogP) is 2.30. The Kier molecular flexibility index (Phi) is 4.67. The topological polar surface area (TPSA) is 68.3 Å². The molecule has 0 aliphatic rings. The van der Waals surface area contributed by atoms with Crippen LogP contribution in [0.4, 0.5) is 11.6 Å². The zero-order chi connectivity index (χ0) is 14.4. The van der Waals surface area contributed by atoms with E-state index in [1.165, 1.54) is 0 Å². The number of ether oxygens (including phenoxy) is 2. The quantitative estimate of drug-likeness (QED) is 0.837. The molecule has 0 aliphatic carbocycles. The molecule has 2 N–H and O–H groups in total. The molecule has 0 spiro atoms. The molecule has 0 unspecified atom stereocenters. The van der Waals surface area contributed by atoms with Crippen molar-refractivity contribution in [1.82, 2.24) is 9.97 Å². The highest BCUT2D eigenvalue weighted by molar-refractivity contribution is 7.80. The van der Waals surface area contributed by atoms with Gasteiger partial charge in [0.2, 0.25) is 0 Å². The highest BCUT2D eigenvalue weighted by Gasteiger charge is 2.03. The van der Waals surface area contributed by atoms with Crippen LogP contribution in [0.2, 0.25) is 0 Å². The van der Waals surface area contributed by atoms with E-state index in [1.54, 1.807) is 50.9 Å². The second-order valence-corrected chi connectivity index (χ2v) is 4.15. The van der Waals surface area contributed by atoms with Gasteiger partial charge in [0.05, 0.1) is 14.2 Å². The molecule has 6 nitrogen and oxygen atoms in total. The highest BCUT2D eigenvalue weighted by Crippen LogP contribution is 2.16. The van der Waals surface area contributed by atoms with Crippen molar-refractivity contribution >= 4 is 29.0 Å². The number of hydrogen-bond acceptors (Lipinski definition) is 5. The minimum atomic E-state index is 0.381. The average molecular weight is 290 g/mol. The molecule has 0 atom stereocenters. The summed E-state index contributed by atoms with van der Waals surface area (Å²) in [6.45, 7) is 0. The summed E-state index contributed by atoms with van der Waals surface area (Å²) in [5.74, 6) is 2.57. The monoisotopic (exact) mass is 290 g/mol. The summed E-state index contributed by atoms with van der Waals surface area (Å²) in [5.41, 5.74) is 0. The fraction of sp³-hybridized carbons (Fsp3) is 0.154. The third-order valence-corrected chi connectivity index (χ3v) is 2.62. The highest BCUT2D eigenvalue weighted by atomic mass is 32.1. The number of thiocarbonyl (C=S) groups is 1.